The van der Waals surface area contributed by atoms with Gasteiger partial charge in [-0.15, -0.1) is 0 Å². The van der Waals surface area contributed by atoms with Gasteiger partial charge in [0.05, 0.1) is 6.04 Å². The van der Waals surface area contributed by atoms with Gasteiger partial charge in [0.2, 0.25) is 0 Å². The summed E-state index contributed by atoms with van der Waals surface area (Å²) in [7, 11) is 0. The van der Waals surface area contributed by atoms with Crippen LogP contribution in [0.1, 0.15) is 13.8 Å². The second-order valence-corrected chi connectivity index (χ2v) is 2.70. The van der Waals surface area contributed by atoms with Gasteiger partial charge in [-0.2, -0.15) is 0 Å². The van der Waals surface area contributed by atoms with Crippen LogP contribution >= 0.6 is 11.6 Å². The van der Waals surface area contributed by atoms with Gasteiger partial charge in [-0.25, -0.2) is 0 Å². The number of oxime groups is 1. The fourth-order valence-corrected chi connectivity index (χ4v) is 0.866. The van der Waals surface area contributed by atoms with Crippen molar-refractivity contribution in [2.75, 3.05) is 0 Å². The Morgan fingerprint density at radius 2 is 2.18 bits per heavy atom. The summed E-state index contributed by atoms with van der Waals surface area (Å²) in [6, 6.07) is -0.577. The molecule has 0 spiro atoms. The number of rotatable bonds is 3. The molecule has 0 aromatic heterocycles. The maximum absolute atomic E-state index is 8.25. The lowest BCUT2D eigenvalue weighted by atomic mass is 10.1. The average molecular weight is 177 g/mol. The molecule has 0 saturated heterocycles. The number of hydrogen-bond donors (Lipinski definition) is 1. The average Bonchev–Trinajstić information content (AvgIpc) is 1.98. The highest BCUT2D eigenvalue weighted by Gasteiger charge is 2.16. The summed E-state index contributed by atoms with van der Waals surface area (Å²) in [6.07, 6.45) is 0. The molecule has 6 heteroatoms. The van der Waals surface area contributed by atoms with Crippen molar-refractivity contribution < 1.29 is 5.21 Å². The van der Waals surface area contributed by atoms with Crippen LogP contribution in [0.4, 0.5) is 0 Å². The summed E-state index contributed by atoms with van der Waals surface area (Å²) in [5, 5.41) is 14.3. The molecule has 0 radical (unpaired) electrons. The van der Waals surface area contributed by atoms with Gasteiger partial charge in [0.15, 0.2) is 5.17 Å². The standard InChI is InChI=1S/C5H9ClN4O/c1-3(2)4(8-10-7)5(6)9-11/h3-4,11H,1-2H3/b9-5-. The smallest absolute Gasteiger partial charge is 0.154 e. The van der Waals surface area contributed by atoms with Gasteiger partial charge in [0.25, 0.3) is 0 Å². The van der Waals surface area contributed by atoms with Gasteiger partial charge in [-0.3, -0.25) is 0 Å². The van der Waals surface area contributed by atoms with Crippen molar-refractivity contribution in [1.29, 1.82) is 0 Å². The highest BCUT2D eigenvalue weighted by Crippen LogP contribution is 2.11. The van der Waals surface area contributed by atoms with Crippen molar-refractivity contribution in [3.63, 3.8) is 0 Å². The van der Waals surface area contributed by atoms with Crippen LogP contribution in [0.25, 0.3) is 10.4 Å². The molecule has 11 heavy (non-hydrogen) atoms. The number of halogens is 1. The van der Waals surface area contributed by atoms with Crippen LogP contribution in [0.3, 0.4) is 0 Å². The quantitative estimate of drug-likeness (QED) is 0.176. The Hall–Kier alpha value is -0.930. The zero-order valence-corrected chi connectivity index (χ0v) is 7.02. The van der Waals surface area contributed by atoms with E-state index >= 15 is 0 Å². The monoisotopic (exact) mass is 176 g/mol. The van der Waals surface area contributed by atoms with E-state index in [-0.39, 0.29) is 11.1 Å². The first-order valence-electron chi connectivity index (χ1n) is 3.05. The van der Waals surface area contributed by atoms with Gasteiger partial charge in [0.1, 0.15) is 0 Å². The molecular weight excluding hydrogens is 168 g/mol. The first kappa shape index (κ1) is 10.1. The summed E-state index contributed by atoms with van der Waals surface area (Å²) in [5.74, 6) is 0.0225. The summed E-state index contributed by atoms with van der Waals surface area (Å²) in [5.41, 5.74) is 8.09. The molecule has 1 N–H and O–H groups in total. The summed E-state index contributed by atoms with van der Waals surface area (Å²) in [4.78, 5) is 2.57. The van der Waals surface area contributed by atoms with E-state index in [0.29, 0.717) is 0 Å². The Labute approximate surface area is 69.3 Å². The second kappa shape index (κ2) is 4.82. The highest BCUT2D eigenvalue weighted by atomic mass is 35.5. The van der Waals surface area contributed by atoms with Gasteiger partial charge in [0, 0.05) is 4.91 Å². The van der Waals surface area contributed by atoms with E-state index in [4.69, 9.17) is 22.3 Å². The minimum absolute atomic E-state index is 0.0225. The molecular formula is C5H9ClN4O. The van der Waals surface area contributed by atoms with E-state index in [2.05, 4.69) is 15.2 Å². The second-order valence-electron chi connectivity index (χ2n) is 2.32. The molecule has 0 aromatic carbocycles. The molecule has 0 amide bonds. The van der Waals surface area contributed by atoms with Crippen molar-refractivity contribution in [2.24, 2.45) is 16.2 Å². The summed E-state index contributed by atoms with van der Waals surface area (Å²) >= 11 is 5.44. The fraction of sp³-hybridized carbons (Fsp3) is 0.800. The van der Waals surface area contributed by atoms with Crippen LogP contribution in [0.2, 0.25) is 0 Å². The van der Waals surface area contributed by atoms with Gasteiger partial charge < -0.3 is 5.21 Å². The molecule has 5 nitrogen and oxygen atoms in total. The lowest BCUT2D eigenvalue weighted by Crippen LogP contribution is -2.19. The van der Waals surface area contributed by atoms with Crippen molar-refractivity contribution in [3.05, 3.63) is 10.4 Å². The molecule has 0 aliphatic carbocycles. The lowest BCUT2D eigenvalue weighted by Gasteiger charge is -2.10. The van der Waals surface area contributed by atoms with Crippen molar-refractivity contribution in [1.82, 2.24) is 0 Å². The molecule has 1 unspecified atom stereocenters. The first-order chi connectivity index (χ1) is 5.13. The minimum Gasteiger partial charge on any atom is -0.410 e. The Morgan fingerprint density at radius 3 is 2.45 bits per heavy atom. The fourth-order valence-electron chi connectivity index (χ4n) is 0.571. The third kappa shape index (κ3) is 3.11. The number of nitrogens with zero attached hydrogens (tertiary/aromatic N) is 4. The molecule has 0 heterocycles. The van der Waals surface area contributed by atoms with E-state index in [0.717, 1.165) is 0 Å². The Balaban J connectivity index is 4.46. The zero-order valence-electron chi connectivity index (χ0n) is 6.27. The Kier molecular flexibility index (Phi) is 4.41. The topological polar surface area (TPSA) is 81.4 Å². The van der Waals surface area contributed by atoms with Crippen LogP contribution in [-0.4, -0.2) is 16.4 Å². The maximum Gasteiger partial charge on any atom is 0.154 e. The van der Waals surface area contributed by atoms with Gasteiger partial charge >= 0.3 is 0 Å². The number of azide groups is 1. The van der Waals surface area contributed by atoms with Crippen LogP contribution in [0.15, 0.2) is 10.3 Å². The molecule has 0 rings (SSSR count). The highest BCUT2D eigenvalue weighted by molar-refractivity contribution is 6.66. The van der Waals surface area contributed by atoms with Crippen LogP contribution < -0.4 is 0 Å². The first-order valence-corrected chi connectivity index (χ1v) is 3.43. The van der Waals surface area contributed by atoms with Gasteiger partial charge in [-0.1, -0.05) is 35.7 Å². The third-order valence-electron chi connectivity index (χ3n) is 1.15. The van der Waals surface area contributed by atoms with Crippen molar-refractivity contribution in [3.8, 4) is 0 Å². The molecule has 0 saturated carbocycles. The summed E-state index contributed by atoms with van der Waals surface area (Å²) in [6.45, 7) is 3.62. The van der Waals surface area contributed by atoms with Crippen LogP contribution in [0, 0.1) is 5.92 Å². The largest absolute Gasteiger partial charge is 0.410 e. The van der Waals surface area contributed by atoms with Crippen LogP contribution in [0.5, 0.6) is 0 Å². The molecule has 0 fully saturated rings. The predicted molar refractivity (Wildman–Crippen MR) is 42.8 cm³/mol. The van der Waals surface area contributed by atoms with E-state index < -0.39 is 6.04 Å². The lowest BCUT2D eigenvalue weighted by molar-refractivity contribution is 0.317. The number of hydrogen-bond acceptors (Lipinski definition) is 3. The predicted octanol–water partition coefficient (Wildman–Crippen LogP) is 2.35. The molecule has 0 aromatic rings. The Morgan fingerprint density at radius 1 is 1.64 bits per heavy atom. The minimum atomic E-state index is -0.577. The van der Waals surface area contributed by atoms with Crippen LogP contribution in [-0.2, 0) is 0 Å². The van der Waals surface area contributed by atoms with E-state index in [9.17, 15) is 0 Å². The normalized spacial score (nSPS) is 14.4. The summed E-state index contributed by atoms with van der Waals surface area (Å²) < 4.78 is 0. The van der Waals surface area contributed by atoms with Crippen molar-refractivity contribution in [2.45, 2.75) is 19.9 Å². The molecule has 62 valence electrons. The molecule has 1 atom stereocenters. The van der Waals surface area contributed by atoms with E-state index in [1.807, 2.05) is 13.8 Å². The maximum atomic E-state index is 8.25. The molecule has 0 aliphatic heterocycles. The Bertz CT molecular complexity index is 197. The molecule has 0 aliphatic rings. The SMILES string of the molecule is CC(C)C(N=[N+]=[N-])/C(Cl)=N/O. The van der Waals surface area contributed by atoms with E-state index in [1.165, 1.54) is 0 Å². The zero-order chi connectivity index (χ0) is 8.85. The van der Waals surface area contributed by atoms with Gasteiger partial charge in [-0.05, 0) is 11.4 Å². The van der Waals surface area contributed by atoms with E-state index in [1.54, 1.807) is 0 Å². The van der Waals surface area contributed by atoms with Crippen molar-refractivity contribution >= 4 is 16.8 Å². The molecule has 0 bridgehead atoms. The third-order valence-corrected chi connectivity index (χ3v) is 1.45.